The Morgan fingerprint density at radius 3 is 2.00 bits per heavy atom. The number of sulfonamides is 1. The van der Waals surface area contributed by atoms with Crippen molar-refractivity contribution >= 4 is 21.8 Å². The summed E-state index contributed by atoms with van der Waals surface area (Å²) in [6, 6.07) is 6.97. The van der Waals surface area contributed by atoms with Crippen LogP contribution in [0.2, 0.25) is 0 Å². The molecule has 0 aromatic heterocycles. The highest BCUT2D eigenvalue weighted by Gasteiger charge is 2.50. The van der Waals surface area contributed by atoms with E-state index >= 15 is 0 Å². The van der Waals surface area contributed by atoms with Crippen molar-refractivity contribution < 1.29 is 18.0 Å². The second-order valence-electron chi connectivity index (χ2n) is 6.23. The molecule has 0 unspecified atom stereocenters. The van der Waals surface area contributed by atoms with Gasteiger partial charge in [0.15, 0.2) is 0 Å². The number of carbonyl (C=O) groups excluding carboxylic acids is 2. The normalized spacial score (nSPS) is 28.7. The fourth-order valence-electron chi connectivity index (χ4n) is 3.28. The molecule has 7 heteroatoms. The number of fused-ring (bicyclic) bond motifs is 1. The van der Waals surface area contributed by atoms with Crippen molar-refractivity contribution in [3.63, 3.8) is 0 Å². The van der Waals surface area contributed by atoms with E-state index in [4.69, 9.17) is 0 Å². The average molecular weight is 320 g/mol. The molecule has 2 heterocycles. The number of imide groups is 1. The number of hydrogen-bond donors (Lipinski definition) is 1. The van der Waals surface area contributed by atoms with Gasteiger partial charge < -0.3 is 0 Å². The van der Waals surface area contributed by atoms with Gasteiger partial charge in [0.2, 0.25) is 21.8 Å². The van der Waals surface area contributed by atoms with Crippen LogP contribution in [-0.4, -0.2) is 37.6 Å². The van der Waals surface area contributed by atoms with Gasteiger partial charge in [-0.1, -0.05) is 12.1 Å². The van der Waals surface area contributed by atoms with E-state index in [9.17, 15) is 18.0 Å². The van der Waals surface area contributed by atoms with E-state index in [-0.39, 0.29) is 29.8 Å². The van der Waals surface area contributed by atoms with Crippen LogP contribution in [0.4, 0.5) is 0 Å². The SMILES string of the molecule is O=C1NC(=O)[C@@H]2CN(S(=O)(=O)c3ccc(C4CC4)cc3)C[C@H]12. The number of rotatable bonds is 3. The van der Waals surface area contributed by atoms with Gasteiger partial charge in [0.25, 0.3) is 0 Å². The Morgan fingerprint density at radius 2 is 1.50 bits per heavy atom. The number of nitrogens with zero attached hydrogens (tertiary/aromatic N) is 1. The minimum absolute atomic E-state index is 0.0783. The molecule has 22 heavy (non-hydrogen) atoms. The summed E-state index contributed by atoms with van der Waals surface area (Å²) in [4.78, 5) is 23.5. The molecule has 0 bridgehead atoms. The molecule has 1 aliphatic carbocycles. The Balaban J connectivity index is 1.58. The van der Waals surface area contributed by atoms with Crippen LogP contribution in [0.15, 0.2) is 29.2 Å². The lowest BCUT2D eigenvalue weighted by Gasteiger charge is -2.17. The van der Waals surface area contributed by atoms with Gasteiger partial charge in [0.1, 0.15) is 0 Å². The molecule has 0 radical (unpaired) electrons. The van der Waals surface area contributed by atoms with Crippen molar-refractivity contribution in [1.29, 1.82) is 0 Å². The number of nitrogens with one attached hydrogen (secondary N) is 1. The maximum Gasteiger partial charge on any atom is 0.243 e. The number of carbonyl (C=O) groups is 2. The second kappa shape index (κ2) is 4.63. The monoisotopic (exact) mass is 320 g/mol. The Labute approximate surface area is 128 Å². The maximum atomic E-state index is 12.7. The van der Waals surface area contributed by atoms with Crippen LogP contribution in [0.3, 0.4) is 0 Å². The summed E-state index contributed by atoms with van der Waals surface area (Å²) in [5.74, 6) is -1.25. The molecule has 2 amide bonds. The molecule has 4 rings (SSSR count). The highest BCUT2D eigenvalue weighted by Crippen LogP contribution is 2.40. The second-order valence-corrected chi connectivity index (χ2v) is 8.17. The zero-order chi connectivity index (χ0) is 15.5. The average Bonchev–Trinajstić information content (AvgIpc) is 3.17. The first-order valence-electron chi connectivity index (χ1n) is 7.41. The Morgan fingerprint density at radius 1 is 0.955 bits per heavy atom. The maximum absolute atomic E-state index is 12.7. The van der Waals surface area contributed by atoms with Crippen molar-refractivity contribution in [3.8, 4) is 0 Å². The molecule has 0 spiro atoms. The lowest BCUT2D eigenvalue weighted by atomic mass is 10.00. The van der Waals surface area contributed by atoms with Crippen LogP contribution in [0.25, 0.3) is 0 Å². The molecular weight excluding hydrogens is 304 g/mol. The van der Waals surface area contributed by atoms with Crippen LogP contribution in [0, 0.1) is 11.8 Å². The fraction of sp³-hybridized carbons (Fsp3) is 0.467. The predicted octanol–water partition coefficient (Wildman–Crippen LogP) is 0.457. The van der Waals surface area contributed by atoms with Crippen LogP contribution in [0.5, 0.6) is 0 Å². The molecular formula is C15H16N2O4S. The van der Waals surface area contributed by atoms with E-state index < -0.39 is 21.9 Å². The molecule has 1 saturated carbocycles. The summed E-state index contributed by atoms with van der Waals surface area (Å²) in [5, 5.41) is 2.26. The first-order chi connectivity index (χ1) is 10.5. The Kier molecular flexibility index (Phi) is 2.93. The summed E-state index contributed by atoms with van der Waals surface area (Å²) < 4.78 is 26.6. The van der Waals surface area contributed by atoms with Gasteiger partial charge in [-0.05, 0) is 36.5 Å². The molecule has 116 valence electrons. The van der Waals surface area contributed by atoms with E-state index in [1.165, 1.54) is 22.7 Å². The van der Waals surface area contributed by atoms with Gasteiger partial charge in [-0.2, -0.15) is 4.31 Å². The fourth-order valence-corrected chi connectivity index (χ4v) is 4.77. The van der Waals surface area contributed by atoms with E-state index in [0.717, 1.165) is 0 Å². The molecule has 1 N–H and O–H groups in total. The van der Waals surface area contributed by atoms with E-state index in [2.05, 4.69) is 5.32 Å². The largest absolute Gasteiger partial charge is 0.296 e. The molecule has 3 aliphatic rings. The molecule has 1 aromatic carbocycles. The predicted molar refractivity (Wildman–Crippen MR) is 77.3 cm³/mol. The molecule has 2 aliphatic heterocycles. The van der Waals surface area contributed by atoms with Gasteiger partial charge in [-0.3, -0.25) is 14.9 Å². The summed E-state index contributed by atoms with van der Waals surface area (Å²) >= 11 is 0. The third kappa shape index (κ3) is 2.07. The van der Waals surface area contributed by atoms with Crippen molar-refractivity contribution in [2.24, 2.45) is 11.8 Å². The molecule has 2 saturated heterocycles. The molecule has 3 fully saturated rings. The highest BCUT2D eigenvalue weighted by molar-refractivity contribution is 7.89. The van der Waals surface area contributed by atoms with Gasteiger partial charge in [0, 0.05) is 13.1 Å². The quantitative estimate of drug-likeness (QED) is 0.820. The zero-order valence-electron chi connectivity index (χ0n) is 11.9. The van der Waals surface area contributed by atoms with E-state index in [1.807, 2.05) is 12.1 Å². The van der Waals surface area contributed by atoms with Crippen LogP contribution in [0.1, 0.15) is 24.3 Å². The first kappa shape index (κ1) is 13.9. The third-order valence-corrected chi connectivity index (χ3v) is 6.62. The summed E-state index contributed by atoms with van der Waals surface area (Å²) in [6.45, 7) is 0.157. The van der Waals surface area contributed by atoms with E-state index in [0.29, 0.717) is 5.92 Å². The summed E-state index contributed by atoms with van der Waals surface area (Å²) in [7, 11) is -3.65. The summed E-state index contributed by atoms with van der Waals surface area (Å²) in [6.07, 6.45) is 2.33. The third-order valence-electron chi connectivity index (χ3n) is 4.77. The van der Waals surface area contributed by atoms with Gasteiger partial charge in [-0.25, -0.2) is 8.42 Å². The number of hydrogen-bond acceptors (Lipinski definition) is 4. The summed E-state index contributed by atoms with van der Waals surface area (Å²) in [5.41, 5.74) is 1.17. The topological polar surface area (TPSA) is 83.6 Å². The van der Waals surface area contributed by atoms with Crippen molar-refractivity contribution in [3.05, 3.63) is 29.8 Å². The first-order valence-corrected chi connectivity index (χ1v) is 8.85. The van der Waals surface area contributed by atoms with Crippen LogP contribution >= 0.6 is 0 Å². The standard InChI is InChI=1S/C15H16N2O4S/c18-14-12-7-17(8-13(12)15(19)16-14)22(20,21)11-5-3-10(4-6-11)9-1-2-9/h3-6,9,12-13H,1-2,7-8H2,(H,16,18,19)/t12-,13+. The smallest absolute Gasteiger partial charge is 0.243 e. The minimum Gasteiger partial charge on any atom is -0.296 e. The van der Waals surface area contributed by atoms with E-state index in [1.54, 1.807) is 12.1 Å². The van der Waals surface area contributed by atoms with Gasteiger partial charge >= 0.3 is 0 Å². The molecule has 6 nitrogen and oxygen atoms in total. The minimum atomic E-state index is -3.65. The van der Waals surface area contributed by atoms with Crippen molar-refractivity contribution in [2.75, 3.05) is 13.1 Å². The van der Waals surface area contributed by atoms with Crippen molar-refractivity contribution in [1.82, 2.24) is 9.62 Å². The van der Waals surface area contributed by atoms with Gasteiger partial charge in [-0.15, -0.1) is 0 Å². The highest BCUT2D eigenvalue weighted by atomic mass is 32.2. The van der Waals surface area contributed by atoms with Crippen LogP contribution < -0.4 is 5.32 Å². The van der Waals surface area contributed by atoms with Gasteiger partial charge in [0.05, 0.1) is 16.7 Å². The Hall–Kier alpha value is -1.73. The Bertz CT molecular complexity index is 730. The zero-order valence-corrected chi connectivity index (χ0v) is 12.7. The lowest BCUT2D eigenvalue weighted by Crippen LogP contribution is -2.35. The van der Waals surface area contributed by atoms with Crippen molar-refractivity contribution in [2.45, 2.75) is 23.7 Å². The number of benzene rings is 1. The number of amides is 2. The lowest BCUT2D eigenvalue weighted by molar-refractivity contribution is -0.126. The van der Waals surface area contributed by atoms with Crippen LogP contribution in [-0.2, 0) is 19.6 Å². The molecule has 1 aromatic rings. The molecule has 2 atom stereocenters.